The molecule has 0 radical (unpaired) electrons. The first kappa shape index (κ1) is 20.5. The maximum absolute atomic E-state index is 12.4. The number of carbonyl (C=O) groups is 1. The fourth-order valence-corrected chi connectivity index (χ4v) is 3.53. The third-order valence-corrected chi connectivity index (χ3v) is 5.18. The summed E-state index contributed by atoms with van der Waals surface area (Å²) in [6.45, 7) is 4.19. The third kappa shape index (κ3) is 5.43. The summed E-state index contributed by atoms with van der Waals surface area (Å²) < 4.78 is 5.90. The lowest BCUT2D eigenvalue weighted by Crippen LogP contribution is -2.07. The van der Waals surface area contributed by atoms with Gasteiger partial charge in [-0.3, -0.25) is 9.89 Å². The van der Waals surface area contributed by atoms with Crippen LogP contribution in [0.25, 0.3) is 17.5 Å². The Balaban J connectivity index is 1.41. The van der Waals surface area contributed by atoms with Crippen LogP contribution in [-0.4, -0.2) is 26.1 Å². The molecule has 0 unspecified atom stereocenters. The Hall–Kier alpha value is -3.78. The van der Waals surface area contributed by atoms with E-state index in [9.17, 15) is 4.79 Å². The minimum absolute atomic E-state index is 0.242. The number of aromatic nitrogens is 4. The number of benzene rings is 2. The highest BCUT2D eigenvalue weighted by molar-refractivity contribution is 7.09. The van der Waals surface area contributed by atoms with Gasteiger partial charge >= 0.3 is 0 Å². The number of para-hydroxylation sites is 1. The molecule has 7 nitrogen and oxygen atoms in total. The summed E-state index contributed by atoms with van der Waals surface area (Å²) >= 11 is 1.59. The Bertz CT molecular complexity index is 1230. The number of ether oxygens (including phenoxy) is 1. The molecule has 2 aromatic heterocycles. The van der Waals surface area contributed by atoms with Crippen LogP contribution in [0.15, 0.2) is 60.0 Å². The van der Waals surface area contributed by atoms with E-state index in [4.69, 9.17) is 4.74 Å². The topological polar surface area (TPSA) is 92.8 Å². The molecule has 2 heterocycles. The number of aryl methyl sites for hydroxylation is 2. The van der Waals surface area contributed by atoms with Crippen molar-refractivity contribution in [2.24, 2.45) is 0 Å². The lowest BCUT2D eigenvalue weighted by atomic mass is 10.1. The van der Waals surface area contributed by atoms with E-state index in [1.807, 2.05) is 67.8 Å². The summed E-state index contributed by atoms with van der Waals surface area (Å²) in [6.07, 6.45) is 3.22. The highest BCUT2D eigenvalue weighted by Crippen LogP contribution is 2.22. The van der Waals surface area contributed by atoms with E-state index in [0.29, 0.717) is 23.9 Å². The molecule has 0 saturated heterocycles. The lowest BCUT2D eigenvalue weighted by Gasteiger charge is -2.08. The first-order chi connectivity index (χ1) is 15.1. The number of rotatable bonds is 7. The number of carbonyl (C=O) groups excluding carboxylic acids is 1. The Morgan fingerprint density at radius 3 is 2.81 bits per heavy atom. The van der Waals surface area contributed by atoms with E-state index in [-0.39, 0.29) is 5.91 Å². The number of hydrogen-bond acceptors (Lipinski definition) is 6. The standard InChI is InChI=1S/C23H21N5O2S/c1-15-24-23(28-27-15)18-7-5-8-19(12-18)26-22(29)11-10-17-6-3-4-9-21(17)30-13-20-14-31-16(2)25-20/h3-12,14H,13H2,1-2H3,(H,26,29)(H,24,27,28). The van der Waals surface area contributed by atoms with Crippen molar-refractivity contribution in [3.05, 3.63) is 82.1 Å². The van der Waals surface area contributed by atoms with Crippen LogP contribution >= 0.6 is 11.3 Å². The molecule has 1 amide bonds. The van der Waals surface area contributed by atoms with Gasteiger partial charge < -0.3 is 10.1 Å². The van der Waals surface area contributed by atoms with Gasteiger partial charge in [-0.15, -0.1) is 11.3 Å². The molecule has 0 fully saturated rings. The normalized spacial score (nSPS) is 11.0. The molecule has 4 aromatic rings. The SMILES string of the molecule is Cc1nc(-c2cccc(NC(=O)C=Cc3ccccc3OCc3csc(C)n3)c2)n[nH]1. The second-order valence-electron chi connectivity index (χ2n) is 6.83. The fourth-order valence-electron chi connectivity index (χ4n) is 2.93. The quantitative estimate of drug-likeness (QED) is 0.411. The van der Waals surface area contributed by atoms with Gasteiger partial charge in [0, 0.05) is 28.3 Å². The summed E-state index contributed by atoms with van der Waals surface area (Å²) in [5, 5.41) is 12.8. The molecule has 0 aliphatic heterocycles. The van der Waals surface area contributed by atoms with Crippen molar-refractivity contribution in [3.63, 3.8) is 0 Å². The van der Waals surface area contributed by atoms with Gasteiger partial charge in [-0.2, -0.15) is 5.10 Å². The molecule has 0 atom stereocenters. The molecule has 4 rings (SSSR count). The molecule has 8 heteroatoms. The Morgan fingerprint density at radius 1 is 1.16 bits per heavy atom. The van der Waals surface area contributed by atoms with Gasteiger partial charge in [0.15, 0.2) is 5.82 Å². The smallest absolute Gasteiger partial charge is 0.248 e. The number of aromatic amines is 1. The number of H-pyrrole nitrogens is 1. The number of amides is 1. The summed E-state index contributed by atoms with van der Waals surface area (Å²) in [5.41, 5.74) is 3.19. The molecule has 156 valence electrons. The third-order valence-electron chi connectivity index (χ3n) is 4.36. The molecule has 0 bridgehead atoms. The average molecular weight is 432 g/mol. The van der Waals surface area contributed by atoms with Gasteiger partial charge in [0.25, 0.3) is 0 Å². The molecular formula is C23H21N5O2S. The van der Waals surface area contributed by atoms with Crippen molar-refractivity contribution < 1.29 is 9.53 Å². The molecular weight excluding hydrogens is 410 g/mol. The highest BCUT2D eigenvalue weighted by Gasteiger charge is 2.07. The zero-order chi connectivity index (χ0) is 21.6. The summed E-state index contributed by atoms with van der Waals surface area (Å²) in [4.78, 5) is 21.2. The molecule has 31 heavy (non-hydrogen) atoms. The molecule has 0 aliphatic rings. The summed E-state index contributed by atoms with van der Waals surface area (Å²) in [5.74, 6) is 1.77. The van der Waals surface area contributed by atoms with Crippen molar-refractivity contribution in [2.75, 3.05) is 5.32 Å². The zero-order valence-electron chi connectivity index (χ0n) is 17.1. The van der Waals surface area contributed by atoms with Crippen LogP contribution < -0.4 is 10.1 Å². The van der Waals surface area contributed by atoms with Crippen LogP contribution in [0.1, 0.15) is 22.1 Å². The Kier molecular flexibility index (Phi) is 6.18. The molecule has 0 spiro atoms. The van der Waals surface area contributed by atoms with E-state index in [1.54, 1.807) is 17.4 Å². The van der Waals surface area contributed by atoms with E-state index in [1.165, 1.54) is 6.08 Å². The maximum atomic E-state index is 12.4. The van der Waals surface area contributed by atoms with E-state index >= 15 is 0 Å². The minimum atomic E-state index is -0.242. The van der Waals surface area contributed by atoms with Gasteiger partial charge in [0.2, 0.25) is 5.91 Å². The average Bonchev–Trinajstić information content (AvgIpc) is 3.39. The van der Waals surface area contributed by atoms with Crippen molar-refractivity contribution in [1.29, 1.82) is 0 Å². The minimum Gasteiger partial charge on any atom is -0.487 e. The van der Waals surface area contributed by atoms with Crippen molar-refractivity contribution >= 4 is 29.0 Å². The molecule has 2 N–H and O–H groups in total. The first-order valence-corrected chi connectivity index (χ1v) is 10.6. The second kappa shape index (κ2) is 9.36. The van der Waals surface area contributed by atoms with Crippen molar-refractivity contribution in [1.82, 2.24) is 20.2 Å². The van der Waals surface area contributed by atoms with Crippen LogP contribution in [0.3, 0.4) is 0 Å². The van der Waals surface area contributed by atoms with E-state index in [0.717, 1.165) is 27.7 Å². The molecule has 0 aliphatic carbocycles. The predicted octanol–water partition coefficient (Wildman–Crippen LogP) is 4.78. The van der Waals surface area contributed by atoms with Crippen LogP contribution in [-0.2, 0) is 11.4 Å². The van der Waals surface area contributed by atoms with E-state index in [2.05, 4.69) is 25.5 Å². The molecule has 0 saturated carbocycles. The largest absolute Gasteiger partial charge is 0.487 e. The lowest BCUT2D eigenvalue weighted by molar-refractivity contribution is -0.111. The van der Waals surface area contributed by atoms with Gasteiger partial charge in [-0.1, -0.05) is 30.3 Å². The molecule has 2 aromatic carbocycles. The number of hydrogen-bond donors (Lipinski definition) is 2. The highest BCUT2D eigenvalue weighted by atomic mass is 32.1. The van der Waals surface area contributed by atoms with Crippen molar-refractivity contribution in [3.8, 4) is 17.1 Å². The number of anilines is 1. The summed E-state index contributed by atoms with van der Waals surface area (Å²) in [6, 6.07) is 15.0. The van der Waals surface area contributed by atoms with E-state index < -0.39 is 0 Å². The van der Waals surface area contributed by atoms with Crippen LogP contribution in [0.2, 0.25) is 0 Å². The van der Waals surface area contributed by atoms with Gasteiger partial charge in [0.1, 0.15) is 18.2 Å². The first-order valence-electron chi connectivity index (χ1n) is 9.68. The summed E-state index contributed by atoms with van der Waals surface area (Å²) in [7, 11) is 0. The number of nitrogens with zero attached hydrogens (tertiary/aromatic N) is 3. The van der Waals surface area contributed by atoms with Crippen LogP contribution in [0.4, 0.5) is 5.69 Å². The Labute approximate surface area is 183 Å². The van der Waals surface area contributed by atoms with Gasteiger partial charge in [0.05, 0.1) is 10.7 Å². The fraction of sp³-hybridized carbons (Fsp3) is 0.130. The second-order valence-corrected chi connectivity index (χ2v) is 7.89. The predicted molar refractivity (Wildman–Crippen MR) is 122 cm³/mol. The number of thiazole rings is 1. The zero-order valence-corrected chi connectivity index (χ0v) is 17.9. The van der Waals surface area contributed by atoms with Gasteiger partial charge in [-0.05, 0) is 38.1 Å². The maximum Gasteiger partial charge on any atom is 0.248 e. The monoisotopic (exact) mass is 431 g/mol. The Morgan fingerprint density at radius 2 is 2.03 bits per heavy atom. The van der Waals surface area contributed by atoms with Gasteiger partial charge in [-0.25, -0.2) is 9.97 Å². The van der Waals surface area contributed by atoms with Crippen LogP contribution in [0.5, 0.6) is 5.75 Å². The van der Waals surface area contributed by atoms with Crippen molar-refractivity contribution in [2.45, 2.75) is 20.5 Å². The number of nitrogens with one attached hydrogen (secondary N) is 2. The van der Waals surface area contributed by atoms with Crippen LogP contribution in [0, 0.1) is 13.8 Å².